The first-order chi connectivity index (χ1) is 6.27. The molecule has 0 aliphatic carbocycles. The molecular formula is C11H18N4Pd. The van der Waals surface area contributed by atoms with E-state index in [2.05, 4.69) is 9.97 Å². The molecule has 92 valence electrons. The zero-order valence-corrected chi connectivity index (χ0v) is 11.7. The van der Waals surface area contributed by atoms with Crippen molar-refractivity contribution in [3.8, 4) is 0 Å². The summed E-state index contributed by atoms with van der Waals surface area (Å²) in [6, 6.07) is 0. The maximum Gasteiger partial charge on any atom is 2.00 e. The number of aromatic nitrogens is 4. The Morgan fingerprint density at radius 2 is 1.31 bits per heavy atom. The van der Waals surface area contributed by atoms with Crippen molar-refractivity contribution in [1.29, 1.82) is 0 Å². The summed E-state index contributed by atoms with van der Waals surface area (Å²) in [5.74, 6) is 2.07. The number of rotatable bonds is 2. The fourth-order valence-electron chi connectivity index (χ4n) is 1.28. The number of hydrogen-bond acceptors (Lipinski definition) is 2. The average Bonchev–Trinajstić information content (AvgIpc) is 2.65. The second kappa shape index (κ2) is 7.37. The first-order valence-corrected chi connectivity index (χ1v) is 4.20. The van der Waals surface area contributed by atoms with E-state index in [-0.39, 0.29) is 35.3 Å². The molecule has 0 aromatic carbocycles. The van der Waals surface area contributed by atoms with E-state index in [1.807, 2.05) is 35.6 Å². The first kappa shape index (κ1) is 17.5. The summed E-state index contributed by atoms with van der Waals surface area (Å²) in [6.45, 7) is 0. The Kier molecular flexibility index (Phi) is 8.05. The van der Waals surface area contributed by atoms with E-state index in [0.717, 1.165) is 18.1 Å². The molecule has 0 N–H and O–H groups in total. The second-order valence-electron chi connectivity index (χ2n) is 3.09. The Morgan fingerprint density at radius 3 is 1.56 bits per heavy atom. The molecule has 0 aliphatic rings. The maximum atomic E-state index is 4.24. The van der Waals surface area contributed by atoms with E-state index in [1.165, 1.54) is 0 Å². The minimum atomic E-state index is 0. The Hall–Kier alpha value is -0.918. The van der Waals surface area contributed by atoms with Crippen molar-refractivity contribution in [2.75, 3.05) is 0 Å². The zero-order valence-electron chi connectivity index (χ0n) is 10.1. The third-order valence-corrected chi connectivity index (χ3v) is 2.16. The molecular weight excluding hydrogens is 295 g/mol. The van der Waals surface area contributed by atoms with Crippen molar-refractivity contribution in [3.05, 3.63) is 51.3 Å². The van der Waals surface area contributed by atoms with Gasteiger partial charge in [0.25, 0.3) is 0 Å². The molecule has 2 aromatic rings. The van der Waals surface area contributed by atoms with Gasteiger partial charge in [0.2, 0.25) is 0 Å². The molecule has 0 atom stereocenters. The Bertz CT molecular complexity index is 367. The molecule has 5 heteroatoms. The summed E-state index contributed by atoms with van der Waals surface area (Å²) < 4.78 is 4.02. The van der Waals surface area contributed by atoms with Crippen LogP contribution in [0.4, 0.5) is 0 Å². The van der Waals surface area contributed by atoms with Crippen LogP contribution in [0.5, 0.6) is 0 Å². The summed E-state index contributed by atoms with van der Waals surface area (Å²) in [4.78, 5) is 8.48. The van der Waals surface area contributed by atoms with Gasteiger partial charge in [-0.3, -0.25) is 0 Å². The summed E-state index contributed by atoms with van der Waals surface area (Å²) in [5.41, 5.74) is 0. The fourth-order valence-corrected chi connectivity index (χ4v) is 1.28. The zero-order chi connectivity index (χ0) is 9.26. The molecule has 0 aliphatic heterocycles. The molecule has 0 fully saturated rings. The molecule has 2 rings (SSSR count). The van der Waals surface area contributed by atoms with Crippen molar-refractivity contribution in [2.24, 2.45) is 14.1 Å². The van der Waals surface area contributed by atoms with Crippen LogP contribution in [0, 0.1) is 14.9 Å². The molecule has 16 heavy (non-hydrogen) atoms. The second-order valence-corrected chi connectivity index (χ2v) is 3.09. The van der Waals surface area contributed by atoms with E-state index in [0.29, 0.717) is 0 Å². The van der Waals surface area contributed by atoms with Gasteiger partial charge in [-0.25, -0.2) is 9.97 Å². The van der Waals surface area contributed by atoms with Gasteiger partial charge in [0, 0.05) is 38.9 Å². The van der Waals surface area contributed by atoms with E-state index in [9.17, 15) is 0 Å². The average molecular weight is 313 g/mol. The van der Waals surface area contributed by atoms with E-state index >= 15 is 0 Å². The number of aryl methyl sites for hydroxylation is 2. The standard InChI is InChI=1S/C9H12N4.2CH3.Pd/c1-12-5-3-10-8(12)7-9-11-4-6-13(9)2;;;/h3-6H,7H2,1-2H3;2*1H3;/q;2*-1;+2. The van der Waals surface area contributed by atoms with Gasteiger partial charge in [-0.15, -0.1) is 0 Å². The molecule has 0 radical (unpaired) electrons. The predicted molar refractivity (Wildman–Crippen MR) is 62.1 cm³/mol. The van der Waals surface area contributed by atoms with Crippen molar-refractivity contribution < 1.29 is 20.4 Å². The molecule has 0 saturated carbocycles. The monoisotopic (exact) mass is 312 g/mol. The number of imidazole rings is 2. The summed E-state index contributed by atoms with van der Waals surface area (Å²) in [6.07, 6.45) is 8.28. The quantitative estimate of drug-likeness (QED) is 0.624. The van der Waals surface area contributed by atoms with Crippen LogP contribution in [0.15, 0.2) is 24.8 Å². The first-order valence-electron chi connectivity index (χ1n) is 4.20. The van der Waals surface area contributed by atoms with Crippen LogP contribution in [-0.2, 0) is 40.9 Å². The SMILES string of the molecule is Cn1ccnc1Cc1nccn1C.[CH3-].[CH3-].[Pd+2]. The summed E-state index contributed by atoms with van der Waals surface area (Å²) in [5, 5.41) is 0. The Morgan fingerprint density at radius 1 is 0.938 bits per heavy atom. The Labute approximate surface area is 111 Å². The Balaban J connectivity index is 0. The minimum absolute atomic E-state index is 0. The van der Waals surface area contributed by atoms with Crippen LogP contribution in [0.1, 0.15) is 11.6 Å². The van der Waals surface area contributed by atoms with E-state index in [1.54, 1.807) is 12.4 Å². The smallest absolute Gasteiger partial charge is 0.358 e. The van der Waals surface area contributed by atoms with E-state index in [4.69, 9.17) is 0 Å². The fraction of sp³-hybridized carbons (Fsp3) is 0.273. The molecule has 0 unspecified atom stereocenters. The summed E-state index contributed by atoms with van der Waals surface area (Å²) >= 11 is 0. The predicted octanol–water partition coefficient (Wildman–Crippen LogP) is 1.64. The third kappa shape index (κ3) is 3.58. The molecule has 2 aromatic heterocycles. The van der Waals surface area contributed by atoms with Crippen LogP contribution < -0.4 is 0 Å². The topological polar surface area (TPSA) is 35.6 Å². The van der Waals surface area contributed by atoms with Gasteiger partial charge in [-0.2, -0.15) is 0 Å². The van der Waals surface area contributed by atoms with Crippen LogP contribution in [0.25, 0.3) is 0 Å². The third-order valence-electron chi connectivity index (χ3n) is 2.16. The van der Waals surface area contributed by atoms with Crippen molar-refractivity contribution in [1.82, 2.24) is 19.1 Å². The largest absolute Gasteiger partial charge is 2.00 e. The van der Waals surface area contributed by atoms with Crippen LogP contribution in [0.2, 0.25) is 0 Å². The maximum absolute atomic E-state index is 4.24. The van der Waals surface area contributed by atoms with Gasteiger partial charge in [0.1, 0.15) is 11.6 Å². The van der Waals surface area contributed by atoms with Gasteiger partial charge in [0.05, 0.1) is 6.42 Å². The molecule has 0 saturated heterocycles. The van der Waals surface area contributed by atoms with Gasteiger partial charge in [0.15, 0.2) is 0 Å². The van der Waals surface area contributed by atoms with Crippen LogP contribution in [-0.4, -0.2) is 19.1 Å². The van der Waals surface area contributed by atoms with Crippen LogP contribution >= 0.6 is 0 Å². The minimum Gasteiger partial charge on any atom is -0.358 e. The van der Waals surface area contributed by atoms with Gasteiger partial charge in [-0.05, 0) is 0 Å². The van der Waals surface area contributed by atoms with Gasteiger partial charge in [-0.1, -0.05) is 0 Å². The molecule has 4 nitrogen and oxygen atoms in total. The van der Waals surface area contributed by atoms with Gasteiger partial charge >= 0.3 is 20.4 Å². The normalized spacial score (nSPS) is 8.62. The van der Waals surface area contributed by atoms with Crippen LogP contribution in [0.3, 0.4) is 0 Å². The molecule has 0 bridgehead atoms. The van der Waals surface area contributed by atoms with Crippen molar-refractivity contribution in [3.63, 3.8) is 0 Å². The molecule has 0 spiro atoms. The summed E-state index contributed by atoms with van der Waals surface area (Å²) in [7, 11) is 3.98. The number of nitrogens with zero attached hydrogens (tertiary/aromatic N) is 4. The number of hydrogen-bond donors (Lipinski definition) is 0. The molecule has 0 amide bonds. The van der Waals surface area contributed by atoms with Crippen molar-refractivity contribution >= 4 is 0 Å². The van der Waals surface area contributed by atoms with Gasteiger partial charge < -0.3 is 24.0 Å². The van der Waals surface area contributed by atoms with Crippen molar-refractivity contribution in [2.45, 2.75) is 6.42 Å². The van der Waals surface area contributed by atoms with E-state index < -0.39 is 0 Å². The molecule has 2 heterocycles.